The van der Waals surface area contributed by atoms with Crippen molar-refractivity contribution in [2.24, 2.45) is 0 Å². The topological polar surface area (TPSA) is 87.7 Å². The van der Waals surface area contributed by atoms with Crippen molar-refractivity contribution in [3.8, 4) is 0 Å². The molecule has 0 atom stereocenters. The second-order valence-electron chi connectivity index (χ2n) is 4.44. The SMILES string of the molecule is CCCc1nc(C(=O)Nc2ccc(C(C)=O)cc2)n[nH]1. The lowest BCUT2D eigenvalue weighted by atomic mass is 10.1. The van der Waals surface area contributed by atoms with E-state index < -0.39 is 0 Å². The molecule has 0 bridgehead atoms. The van der Waals surface area contributed by atoms with Crippen LogP contribution < -0.4 is 5.32 Å². The van der Waals surface area contributed by atoms with Crippen molar-refractivity contribution in [3.05, 3.63) is 41.5 Å². The Morgan fingerprint density at radius 3 is 2.55 bits per heavy atom. The van der Waals surface area contributed by atoms with Crippen LogP contribution in [0.3, 0.4) is 0 Å². The summed E-state index contributed by atoms with van der Waals surface area (Å²) < 4.78 is 0. The zero-order chi connectivity index (χ0) is 14.5. The van der Waals surface area contributed by atoms with E-state index in [2.05, 4.69) is 20.5 Å². The Labute approximate surface area is 116 Å². The van der Waals surface area contributed by atoms with Crippen molar-refractivity contribution in [1.82, 2.24) is 15.2 Å². The molecule has 0 aliphatic heterocycles. The van der Waals surface area contributed by atoms with E-state index >= 15 is 0 Å². The highest BCUT2D eigenvalue weighted by Gasteiger charge is 2.12. The first-order valence-electron chi connectivity index (χ1n) is 6.43. The molecule has 104 valence electrons. The number of aryl methyl sites for hydroxylation is 1. The van der Waals surface area contributed by atoms with Crippen LogP contribution in [0.2, 0.25) is 0 Å². The first kappa shape index (κ1) is 13.9. The Bertz CT molecular complexity index is 616. The molecule has 20 heavy (non-hydrogen) atoms. The van der Waals surface area contributed by atoms with E-state index in [9.17, 15) is 9.59 Å². The summed E-state index contributed by atoms with van der Waals surface area (Å²) in [5.74, 6) is 0.425. The summed E-state index contributed by atoms with van der Waals surface area (Å²) in [7, 11) is 0. The third kappa shape index (κ3) is 3.28. The lowest BCUT2D eigenvalue weighted by Gasteiger charge is -2.03. The Balaban J connectivity index is 2.04. The second-order valence-corrected chi connectivity index (χ2v) is 4.44. The summed E-state index contributed by atoms with van der Waals surface area (Å²) in [6, 6.07) is 6.68. The summed E-state index contributed by atoms with van der Waals surface area (Å²) in [5.41, 5.74) is 1.20. The summed E-state index contributed by atoms with van der Waals surface area (Å²) >= 11 is 0. The van der Waals surface area contributed by atoms with E-state index in [0.717, 1.165) is 12.8 Å². The van der Waals surface area contributed by atoms with Crippen LogP contribution in [0, 0.1) is 0 Å². The molecule has 2 aromatic rings. The first-order valence-corrected chi connectivity index (χ1v) is 6.43. The quantitative estimate of drug-likeness (QED) is 0.817. The zero-order valence-corrected chi connectivity index (χ0v) is 11.4. The second kappa shape index (κ2) is 6.10. The molecule has 0 spiro atoms. The number of nitrogens with zero attached hydrogens (tertiary/aromatic N) is 2. The lowest BCUT2D eigenvalue weighted by molar-refractivity contribution is 0.101. The summed E-state index contributed by atoms with van der Waals surface area (Å²) in [4.78, 5) is 27.2. The number of benzene rings is 1. The minimum atomic E-state index is -0.376. The van der Waals surface area contributed by atoms with Crippen molar-refractivity contribution in [3.63, 3.8) is 0 Å². The van der Waals surface area contributed by atoms with E-state index in [1.807, 2.05) is 6.92 Å². The van der Waals surface area contributed by atoms with Gasteiger partial charge in [-0.15, -0.1) is 5.10 Å². The minimum absolute atomic E-state index is 0.0129. The van der Waals surface area contributed by atoms with Gasteiger partial charge in [0, 0.05) is 17.7 Å². The number of nitrogens with one attached hydrogen (secondary N) is 2. The molecule has 0 aliphatic carbocycles. The normalized spacial score (nSPS) is 10.3. The molecule has 1 aromatic heterocycles. The number of H-pyrrole nitrogens is 1. The smallest absolute Gasteiger partial charge is 0.295 e. The van der Waals surface area contributed by atoms with Crippen LogP contribution in [0.4, 0.5) is 5.69 Å². The largest absolute Gasteiger partial charge is 0.319 e. The third-order valence-corrected chi connectivity index (χ3v) is 2.77. The van der Waals surface area contributed by atoms with Gasteiger partial charge in [0.05, 0.1) is 0 Å². The first-order chi connectivity index (χ1) is 9.60. The van der Waals surface area contributed by atoms with Gasteiger partial charge in [0.15, 0.2) is 5.78 Å². The molecular formula is C14H16N4O2. The number of Topliss-reactive ketones (excluding diaryl/α,β-unsaturated/α-hetero) is 1. The number of anilines is 1. The number of aromatic nitrogens is 3. The maximum Gasteiger partial charge on any atom is 0.295 e. The van der Waals surface area contributed by atoms with E-state index in [0.29, 0.717) is 17.1 Å². The van der Waals surface area contributed by atoms with Gasteiger partial charge < -0.3 is 5.32 Å². The predicted molar refractivity (Wildman–Crippen MR) is 74.8 cm³/mol. The van der Waals surface area contributed by atoms with Gasteiger partial charge in [-0.1, -0.05) is 6.92 Å². The molecule has 0 saturated carbocycles. The number of carbonyl (C=O) groups excluding carboxylic acids is 2. The number of amides is 1. The molecule has 0 fully saturated rings. The van der Waals surface area contributed by atoms with Gasteiger partial charge in [-0.05, 0) is 37.6 Å². The number of ketones is 1. The fraction of sp³-hybridized carbons (Fsp3) is 0.286. The van der Waals surface area contributed by atoms with Crippen LogP contribution in [0.25, 0.3) is 0 Å². The maximum atomic E-state index is 11.9. The van der Waals surface area contributed by atoms with Gasteiger partial charge in [0.25, 0.3) is 5.91 Å². The summed E-state index contributed by atoms with van der Waals surface area (Å²) in [6.45, 7) is 3.52. The minimum Gasteiger partial charge on any atom is -0.319 e. The lowest BCUT2D eigenvalue weighted by Crippen LogP contribution is -2.13. The van der Waals surface area contributed by atoms with E-state index in [4.69, 9.17) is 0 Å². The number of hydrogen-bond donors (Lipinski definition) is 2. The highest BCUT2D eigenvalue weighted by atomic mass is 16.2. The van der Waals surface area contributed by atoms with Crippen LogP contribution >= 0.6 is 0 Å². The van der Waals surface area contributed by atoms with Crippen molar-refractivity contribution in [1.29, 1.82) is 0 Å². The third-order valence-electron chi connectivity index (χ3n) is 2.77. The Morgan fingerprint density at radius 2 is 1.95 bits per heavy atom. The molecule has 0 saturated heterocycles. The summed E-state index contributed by atoms with van der Waals surface area (Å²) in [6.07, 6.45) is 1.69. The van der Waals surface area contributed by atoms with Gasteiger partial charge in [-0.3, -0.25) is 14.7 Å². The van der Waals surface area contributed by atoms with Crippen LogP contribution in [0.1, 0.15) is 47.1 Å². The van der Waals surface area contributed by atoms with Crippen LogP contribution in [-0.4, -0.2) is 26.9 Å². The maximum absolute atomic E-state index is 11.9. The molecule has 2 N–H and O–H groups in total. The summed E-state index contributed by atoms with van der Waals surface area (Å²) in [5, 5.41) is 9.29. The molecule has 6 nitrogen and oxygen atoms in total. The molecule has 0 unspecified atom stereocenters. The highest BCUT2D eigenvalue weighted by Crippen LogP contribution is 2.11. The van der Waals surface area contributed by atoms with Crippen LogP contribution in [-0.2, 0) is 6.42 Å². The van der Waals surface area contributed by atoms with Gasteiger partial charge in [0.2, 0.25) is 5.82 Å². The van der Waals surface area contributed by atoms with E-state index in [1.54, 1.807) is 24.3 Å². The fourth-order valence-corrected chi connectivity index (χ4v) is 1.72. The van der Waals surface area contributed by atoms with Gasteiger partial charge >= 0.3 is 0 Å². The average Bonchev–Trinajstić information content (AvgIpc) is 2.88. The number of aromatic amines is 1. The van der Waals surface area contributed by atoms with Gasteiger partial charge in [-0.2, -0.15) is 0 Å². The number of hydrogen-bond acceptors (Lipinski definition) is 4. The highest BCUT2D eigenvalue weighted by molar-refractivity contribution is 6.02. The monoisotopic (exact) mass is 272 g/mol. The fourth-order valence-electron chi connectivity index (χ4n) is 1.72. The molecule has 0 radical (unpaired) electrons. The van der Waals surface area contributed by atoms with Crippen LogP contribution in [0.5, 0.6) is 0 Å². The zero-order valence-electron chi connectivity index (χ0n) is 11.4. The van der Waals surface area contributed by atoms with Crippen molar-refractivity contribution < 1.29 is 9.59 Å². The average molecular weight is 272 g/mol. The van der Waals surface area contributed by atoms with E-state index in [1.165, 1.54) is 6.92 Å². The molecule has 2 rings (SSSR count). The van der Waals surface area contributed by atoms with Gasteiger partial charge in [0.1, 0.15) is 5.82 Å². The Kier molecular flexibility index (Phi) is 4.24. The number of carbonyl (C=O) groups is 2. The Morgan fingerprint density at radius 1 is 1.25 bits per heavy atom. The molecule has 1 aromatic carbocycles. The predicted octanol–water partition coefficient (Wildman–Crippen LogP) is 2.21. The standard InChI is InChI=1S/C14H16N4O2/c1-3-4-12-16-13(18-17-12)14(20)15-11-7-5-10(6-8-11)9(2)19/h5-8H,3-4H2,1-2H3,(H,15,20)(H,16,17,18). The molecule has 1 amide bonds. The van der Waals surface area contributed by atoms with Crippen molar-refractivity contribution in [2.45, 2.75) is 26.7 Å². The molecule has 6 heteroatoms. The van der Waals surface area contributed by atoms with Gasteiger partial charge in [-0.25, -0.2) is 4.98 Å². The molecular weight excluding hydrogens is 256 g/mol. The van der Waals surface area contributed by atoms with Crippen molar-refractivity contribution in [2.75, 3.05) is 5.32 Å². The number of rotatable bonds is 5. The van der Waals surface area contributed by atoms with E-state index in [-0.39, 0.29) is 17.5 Å². The van der Waals surface area contributed by atoms with Crippen LogP contribution in [0.15, 0.2) is 24.3 Å². The molecule has 1 heterocycles. The molecule has 0 aliphatic rings. The Hall–Kier alpha value is -2.50. The van der Waals surface area contributed by atoms with Crippen molar-refractivity contribution >= 4 is 17.4 Å².